The number of oxazole rings is 1. The summed E-state index contributed by atoms with van der Waals surface area (Å²) in [5, 5.41) is 6.63. The summed E-state index contributed by atoms with van der Waals surface area (Å²) in [6.45, 7) is 0. The summed E-state index contributed by atoms with van der Waals surface area (Å²) in [5.41, 5.74) is 10.0. The van der Waals surface area contributed by atoms with E-state index in [2.05, 4.69) is 120 Å². The third-order valence-electron chi connectivity index (χ3n) is 9.71. The zero-order valence-corrected chi connectivity index (χ0v) is 26.6. The van der Waals surface area contributed by atoms with Crippen LogP contribution in [0, 0.1) is 0 Å². The van der Waals surface area contributed by atoms with Crippen LogP contribution in [0.5, 0.6) is 0 Å². The SMILES string of the molecule is C1=CC(c2ccc(N(c3ccc4c(c3)oc3ccccc34)c3cccc4c3ccc3ccc5nc(-c6ccccc6)oc5c34)cc2)=CCC1. The fraction of sp³-hybridized carbons (Fsp3) is 0.0444. The fourth-order valence-electron chi connectivity index (χ4n) is 7.35. The molecule has 4 heteroatoms. The number of hydrogen-bond acceptors (Lipinski definition) is 4. The summed E-state index contributed by atoms with van der Waals surface area (Å²) >= 11 is 0. The molecule has 2 aromatic heterocycles. The molecule has 0 aliphatic heterocycles. The Balaban J connectivity index is 1.19. The maximum absolute atomic E-state index is 6.54. The number of rotatable bonds is 5. The Morgan fingerprint density at radius 1 is 0.551 bits per heavy atom. The van der Waals surface area contributed by atoms with Crippen molar-refractivity contribution >= 4 is 77.2 Å². The van der Waals surface area contributed by atoms with Crippen molar-refractivity contribution in [1.29, 1.82) is 0 Å². The first-order chi connectivity index (χ1) is 24.3. The van der Waals surface area contributed by atoms with Crippen LogP contribution in [0.1, 0.15) is 18.4 Å². The molecule has 0 bridgehead atoms. The van der Waals surface area contributed by atoms with Gasteiger partial charge in [-0.05, 0) is 89.3 Å². The highest BCUT2D eigenvalue weighted by Gasteiger charge is 2.20. The quantitative estimate of drug-likeness (QED) is 0.177. The minimum Gasteiger partial charge on any atom is -0.456 e. The van der Waals surface area contributed by atoms with Gasteiger partial charge in [-0.25, -0.2) is 4.98 Å². The van der Waals surface area contributed by atoms with Gasteiger partial charge in [-0.3, -0.25) is 0 Å². The van der Waals surface area contributed by atoms with E-state index in [1.165, 1.54) is 11.1 Å². The molecule has 9 aromatic rings. The Morgan fingerprint density at radius 2 is 1.33 bits per heavy atom. The second-order valence-corrected chi connectivity index (χ2v) is 12.6. The predicted octanol–water partition coefficient (Wildman–Crippen LogP) is 12.9. The minimum absolute atomic E-state index is 0.625. The molecule has 0 saturated heterocycles. The number of benzene rings is 7. The molecule has 0 unspecified atom stereocenters. The van der Waals surface area contributed by atoms with Crippen LogP contribution in [0.15, 0.2) is 167 Å². The standard InChI is InChI=1S/C45H30N2O2/c1-3-10-29(11-4-1)30-18-22-33(23-19-30)47(34-24-26-37-36-14-7-8-17-41(36)48-42(37)28-34)40-16-9-15-38-35(40)25-20-31-21-27-39-44(43(31)38)49-45(46-39)32-12-5-2-6-13-32/h2-3,5-28H,1,4H2. The van der Waals surface area contributed by atoms with Crippen LogP contribution in [0.4, 0.5) is 17.1 Å². The van der Waals surface area contributed by atoms with Gasteiger partial charge in [0.2, 0.25) is 5.89 Å². The van der Waals surface area contributed by atoms with Gasteiger partial charge >= 0.3 is 0 Å². The van der Waals surface area contributed by atoms with Crippen LogP contribution in [-0.4, -0.2) is 4.98 Å². The number of furan rings is 1. The van der Waals surface area contributed by atoms with Crippen molar-refractivity contribution in [2.75, 3.05) is 4.90 Å². The highest BCUT2D eigenvalue weighted by Crippen LogP contribution is 2.44. The molecule has 4 nitrogen and oxygen atoms in total. The Kier molecular flexibility index (Phi) is 6.28. The molecule has 1 aliphatic carbocycles. The molecule has 0 fully saturated rings. The van der Waals surface area contributed by atoms with Crippen molar-refractivity contribution in [2.24, 2.45) is 0 Å². The van der Waals surface area contributed by atoms with Crippen molar-refractivity contribution in [2.45, 2.75) is 12.8 Å². The van der Waals surface area contributed by atoms with Crippen molar-refractivity contribution < 1.29 is 8.83 Å². The highest BCUT2D eigenvalue weighted by molar-refractivity contribution is 6.20. The van der Waals surface area contributed by atoms with Gasteiger partial charge in [-0.2, -0.15) is 0 Å². The third-order valence-corrected chi connectivity index (χ3v) is 9.71. The molecule has 7 aromatic carbocycles. The van der Waals surface area contributed by atoms with Gasteiger partial charge in [-0.15, -0.1) is 0 Å². The van der Waals surface area contributed by atoms with Crippen molar-refractivity contribution in [1.82, 2.24) is 4.98 Å². The minimum atomic E-state index is 0.625. The number of nitrogens with zero attached hydrogens (tertiary/aromatic N) is 2. The number of hydrogen-bond donors (Lipinski definition) is 0. The summed E-state index contributed by atoms with van der Waals surface area (Å²) in [7, 11) is 0. The monoisotopic (exact) mass is 630 g/mol. The maximum Gasteiger partial charge on any atom is 0.227 e. The molecule has 49 heavy (non-hydrogen) atoms. The van der Waals surface area contributed by atoms with E-state index in [0.29, 0.717) is 5.89 Å². The number of aromatic nitrogens is 1. The van der Waals surface area contributed by atoms with Crippen LogP contribution < -0.4 is 4.90 Å². The Bertz CT molecular complexity index is 2770. The van der Waals surface area contributed by atoms with E-state index in [1.807, 2.05) is 42.5 Å². The third kappa shape index (κ3) is 4.56. The molecule has 0 N–H and O–H groups in total. The average Bonchev–Trinajstić information content (AvgIpc) is 3.78. The fourth-order valence-corrected chi connectivity index (χ4v) is 7.35. The first-order valence-corrected chi connectivity index (χ1v) is 16.8. The molecule has 2 heterocycles. The summed E-state index contributed by atoms with van der Waals surface area (Å²) < 4.78 is 12.9. The number of para-hydroxylation sites is 1. The molecule has 1 aliphatic rings. The summed E-state index contributed by atoms with van der Waals surface area (Å²) in [6.07, 6.45) is 8.99. The summed E-state index contributed by atoms with van der Waals surface area (Å²) in [6, 6.07) is 48.9. The van der Waals surface area contributed by atoms with E-state index in [1.54, 1.807) is 0 Å². The van der Waals surface area contributed by atoms with E-state index >= 15 is 0 Å². The Labute approximate surface area is 282 Å². The smallest absolute Gasteiger partial charge is 0.227 e. The van der Waals surface area contributed by atoms with E-state index in [0.717, 1.165) is 90.1 Å². The summed E-state index contributed by atoms with van der Waals surface area (Å²) in [4.78, 5) is 7.23. The maximum atomic E-state index is 6.54. The molecular formula is C45H30N2O2. The van der Waals surface area contributed by atoms with E-state index in [-0.39, 0.29) is 0 Å². The van der Waals surface area contributed by atoms with Crippen LogP contribution in [0.25, 0.3) is 71.6 Å². The van der Waals surface area contributed by atoms with E-state index in [9.17, 15) is 0 Å². The molecule has 0 atom stereocenters. The van der Waals surface area contributed by atoms with E-state index < -0.39 is 0 Å². The van der Waals surface area contributed by atoms with Gasteiger partial charge < -0.3 is 13.7 Å². The molecule has 0 radical (unpaired) electrons. The van der Waals surface area contributed by atoms with Gasteiger partial charge in [0.1, 0.15) is 16.7 Å². The van der Waals surface area contributed by atoms with Gasteiger partial charge in [0.05, 0.1) is 5.69 Å². The Hall–Kier alpha value is -6.39. The normalized spacial score (nSPS) is 13.2. The average molecular weight is 631 g/mol. The predicted molar refractivity (Wildman–Crippen MR) is 203 cm³/mol. The highest BCUT2D eigenvalue weighted by atomic mass is 16.3. The lowest BCUT2D eigenvalue weighted by Gasteiger charge is -2.27. The lowest BCUT2D eigenvalue weighted by molar-refractivity contribution is 0.623. The molecule has 0 amide bonds. The molecule has 0 saturated carbocycles. The first kappa shape index (κ1) is 27.7. The van der Waals surface area contributed by atoms with Crippen LogP contribution in [0.3, 0.4) is 0 Å². The Morgan fingerprint density at radius 3 is 2.20 bits per heavy atom. The van der Waals surface area contributed by atoms with Gasteiger partial charge in [0.25, 0.3) is 0 Å². The molecule has 10 rings (SSSR count). The summed E-state index contributed by atoms with van der Waals surface area (Å²) in [5.74, 6) is 0.625. The second-order valence-electron chi connectivity index (χ2n) is 12.6. The number of allylic oxidation sites excluding steroid dienone is 4. The lowest BCUT2D eigenvalue weighted by atomic mass is 9.98. The zero-order valence-electron chi connectivity index (χ0n) is 26.6. The van der Waals surface area contributed by atoms with Crippen LogP contribution >= 0.6 is 0 Å². The lowest BCUT2D eigenvalue weighted by Crippen LogP contribution is -2.10. The van der Waals surface area contributed by atoms with Gasteiger partial charge in [0, 0.05) is 44.5 Å². The van der Waals surface area contributed by atoms with Crippen molar-refractivity contribution in [3.63, 3.8) is 0 Å². The van der Waals surface area contributed by atoms with Crippen molar-refractivity contribution in [3.05, 3.63) is 163 Å². The largest absolute Gasteiger partial charge is 0.456 e. The zero-order chi connectivity index (χ0) is 32.3. The van der Waals surface area contributed by atoms with Gasteiger partial charge in [-0.1, -0.05) is 97.1 Å². The molecular weight excluding hydrogens is 601 g/mol. The number of fused-ring (bicyclic) bond motifs is 8. The topological polar surface area (TPSA) is 42.4 Å². The van der Waals surface area contributed by atoms with E-state index in [4.69, 9.17) is 13.8 Å². The molecule has 0 spiro atoms. The second kappa shape index (κ2) is 11.1. The number of anilines is 3. The molecule has 232 valence electrons. The van der Waals surface area contributed by atoms with Crippen LogP contribution in [-0.2, 0) is 0 Å². The first-order valence-electron chi connectivity index (χ1n) is 16.8. The van der Waals surface area contributed by atoms with Crippen molar-refractivity contribution in [3.8, 4) is 11.5 Å². The van der Waals surface area contributed by atoms with Gasteiger partial charge in [0.15, 0.2) is 5.58 Å². The van der Waals surface area contributed by atoms with Crippen LogP contribution in [0.2, 0.25) is 0 Å².